The molecular formula is C4H7N3. The number of hydrogen-bond donors (Lipinski definition) is 2. The predicted octanol–water partition coefficient (Wildman–Crippen LogP) is -0.667. The monoisotopic (exact) mass is 97.1 g/mol. The fraction of sp³-hybridized carbons (Fsp3) is 0.500. The Hall–Kier alpha value is -0.730. The van der Waals surface area contributed by atoms with E-state index >= 15 is 0 Å². The molecule has 0 aromatic carbocycles. The molecule has 0 saturated carbocycles. The van der Waals surface area contributed by atoms with E-state index in [1.165, 1.54) is 0 Å². The summed E-state index contributed by atoms with van der Waals surface area (Å²) in [5, 5.41) is 2.85. The molecule has 0 fully saturated rings. The molecule has 0 aromatic heterocycles. The van der Waals surface area contributed by atoms with E-state index in [0.29, 0.717) is 5.96 Å². The van der Waals surface area contributed by atoms with Crippen molar-refractivity contribution in [3.05, 3.63) is 6.54 Å². The summed E-state index contributed by atoms with van der Waals surface area (Å²) >= 11 is 0. The molecule has 2 radical (unpaired) electrons. The van der Waals surface area contributed by atoms with Crippen molar-refractivity contribution in [2.24, 2.45) is 10.7 Å². The molecule has 0 atom stereocenters. The summed E-state index contributed by atoms with van der Waals surface area (Å²) in [4.78, 5) is 3.66. The average Bonchev–Trinajstić information content (AvgIpc) is 1.69. The van der Waals surface area contributed by atoms with E-state index in [-0.39, 0.29) is 0 Å². The van der Waals surface area contributed by atoms with Crippen molar-refractivity contribution in [2.75, 3.05) is 6.54 Å². The summed E-state index contributed by atoms with van der Waals surface area (Å²) in [6, 6.07) is 0. The van der Waals surface area contributed by atoms with Gasteiger partial charge in [-0.15, -0.1) is 0 Å². The highest BCUT2D eigenvalue weighted by molar-refractivity contribution is 5.78. The van der Waals surface area contributed by atoms with Gasteiger partial charge in [-0.2, -0.15) is 0 Å². The van der Waals surface area contributed by atoms with E-state index in [1.54, 1.807) is 0 Å². The van der Waals surface area contributed by atoms with Gasteiger partial charge in [0.2, 0.25) is 0 Å². The first-order valence-electron chi connectivity index (χ1n) is 2.19. The quantitative estimate of drug-likeness (QED) is 0.421. The van der Waals surface area contributed by atoms with Gasteiger partial charge in [0, 0.05) is 6.54 Å². The zero-order chi connectivity index (χ0) is 5.11. The van der Waals surface area contributed by atoms with Gasteiger partial charge < -0.3 is 11.1 Å². The first-order valence-corrected chi connectivity index (χ1v) is 2.19. The molecule has 1 heterocycles. The lowest BCUT2D eigenvalue weighted by molar-refractivity contribution is 0.797. The maximum Gasteiger partial charge on any atom is 0.189 e. The van der Waals surface area contributed by atoms with Gasteiger partial charge in [-0.3, -0.25) is 0 Å². The van der Waals surface area contributed by atoms with Crippen molar-refractivity contribution in [3.63, 3.8) is 0 Å². The highest BCUT2D eigenvalue weighted by Crippen LogP contribution is 1.89. The van der Waals surface area contributed by atoms with Gasteiger partial charge in [0.15, 0.2) is 5.96 Å². The first kappa shape index (κ1) is 4.43. The van der Waals surface area contributed by atoms with E-state index in [1.807, 2.05) is 0 Å². The van der Waals surface area contributed by atoms with Gasteiger partial charge in [-0.05, 0) is 6.42 Å². The summed E-state index contributed by atoms with van der Waals surface area (Å²) < 4.78 is 0. The maximum absolute atomic E-state index is 5.21. The summed E-state index contributed by atoms with van der Waals surface area (Å²) in [7, 11) is 0. The van der Waals surface area contributed by atoms with Crippen LogP contribution in [-0.2, 0) is 0 Å². The minimum absolute atomic E-state index is 0.478. The molecular weight excluding hydrogens is 90.1 g/mol. The van der Waals surface area contributed by atoms with Crippen LogP contribution in [-0.4, -0.2) is 12.5 Å². The molecule has 38 valence electrons. The third kappa shape index (κ3) is 1.07. The molecule has 0 unspecified atom stereocenters. The molecule has 1 rings (SSSR count). The van der Waals surface area contributed by atoms with E-state index < -0.39 is 0 Å². The van der Waals surface area contributed by atoms with E-state index in [2.05, 4.69) is 16.9 Å². The van der Waals surface area contributed by atoms with Gasteiger partial charge in [-0.1, -0.05) is 0 Å². The average molecular weight is 97.1 g/mol. The standard InChI is InChI=1S/C4H7N3/c5-4-6-2-1-3-7-4/h6H,1-2,5H2. The molecule has 0 bridgehead atoms. The highest BCUT2D eigenvalue weighted by Gasteiger charge is 1.96. The third-order valence-electron chi connectivity index (χ3n) is 0.742. The number of guanidine groups is 1. The van der Waals surface area contributed by atoms with Gasteiger partial charge in [0.1, 0.15) is 6.54 Å². The van der Waals surface area contributed by atoms with Gasteiger partial charge in [-0.25, -0.2) is 4.99 Å². The highest BCUT2D eigenvalue weighted by atomic mass is 15.1. The fourth-order valence-corrected chi connectivity index (χ4v) is 0.427. The molecule has 0 aliphatic carbocycles. The topological polar surface area (TPSA) is 50.4 Å². The molecule has 0 amide bonds. The molecule has 3 N–H and O–H groups in total. The molecule has 0 aromatic rings. The summed E-state index contributed by atoms with van der Waals surface area (Å²) in [5.41, 5.74) is 5.21. The van der Waals surface area contributed by atoms with Crippen molar-refractivity contribution in [1.82, 2.24) is 5.32 Å². The molecule has 0 saturated heterocycles. The Morgan fingerprint density at radius 1 is 1.86 bits per heavy atom. The van der Waals surface area contributed by atoms with Crippen LogP contribution in [0.2, 0.25) is 0 Å². The smallest absolute Gasteiger partial charge is 0.189 e. The number of nitrogens with two attached hydrogens (primary N) is 1. The van der Waals surface area contributed by atoms with Gasteiger partial charge >= 0.3 is 0 Å². The van der Waals surface area contributed by atoms with Crippen LogP contribution in [0.3, 0.4) is 0 Å². The lowest BCUT2D eigenvalue weighted by Crippen LogP contribution is -2.34. The Kier molecular flexibility index (Phi) is 1.15. The molecule has 0 spiro atoms. The molecule has 3 nitrogen and oxygen atoms in total. The van der Waals surface area contributed by atoms with E-state index in [4.69, 9.17) is 5.73 Å². The van der Waals surface area contributed by atoms with Crippen LogP contribution >= 0.6 is 0 Å². The Morgan fingerprint density at radius 3 is 3.00 bits per heavy atom. The van der Waals surface area contributed by atoms with Gasteiger partial charge in [0.25, 0.3) is 0 Å². The van der Waals surface area contributed by atoms with Crippen LogP contribution in [0.15, 0.2) is 4.99 Å². The van der Waals surface area contributed by atoms with E-state index in [0.717, 1.165) is 13.0 Å². The largest absolute Gasteiger partial charge is 0.370 e. The number of rotatable bonds is 0. The third-order valence-corrected chi connectivity index (χ3v) is 0.742. The van der Waals surface area contributed by atoms with E-state index in [9.17, 15) is 0 Å². The fourth-order valence-electron chi connectivity index (χ4n) is 0.427. The molecule has 3 heteroatoms. The second-order valence-corrected chi connectivity index (χ2v) is 1.33. The van der Waals surface area contributed by atoms with Gasteiger partial charge in [0.05, 0.1) is 0 Å². The summed E-state index contributed by atoms with van der Waals surface area (Å²) in [6.07, 6.45) is 0.862. The van der Waals surface area contributed by atoms with Crippen molar-refractivity contribution in [1.29, 1.82) is 0 Å². The van der Waals surface area contributed by atoms with Crippen LogP contribution in [0.4, 0.5) is 0 Å². The minimum atomic E-state index is 0.478. The lowest BCUT2D eigenvalue weighted by atomic mass is 10.4. The Balaban J connectivity index is 2.40. The zero-order valence-electron chi connectivity index (χ0n) is 3.94. The second kappa shape index (κ2) is 1.82. The van der Waals surface area contributed by atoms with Crippen LogP contribution < -0.4 is 11.1 Å². The summed E-state index contributed by atoms with van der Waals surface area (Å²) in [5.74, 6) is 0.478. The molecule has 7 heavy (non-hydrogen) atoms. The van der Waals surface area contributed by atoms with Crippen LogP contribution in [0, 0.1) is 6.54 Å². The Bertz CT molecular complexity index is 86.9. The minimum Gasteiger partial charge on any atom is -0.370 e. The van der Waals surface area contributed by atoms with Crippen molar-refractivity contribution >= 4 is 5.96 Å². The number of nitrogens with zero attached hydrogens (tertiary/aromatic N) is 1. The van der Waals surface area contributed by atoms with Crippen molar-refractivity contribution in [2.45, 2.75) is 6.42 Å². The van der Waals surface area contributed by atoms with Crippen molar-refractivity contribution in [3.8, 4) is 0 Å². The van der Waals surface area contributed by atoms with Crippen LogP contribution in [0.5, 0.6) is 0 Å². The number of hydrogen-bond acceptors (Lipinski definition) is 3. The van der Waals surface area contributed by atoms with Crippen LogP contribution in [0.1, 0.15) is 6.42 Å². The Labute approximate surface area is 42.6 Å². The molecule has 1 aliphatic heterocycles. The summed E-state index contributed by atoms with van der Waals surface area (Å²) in [6.45, 7) is 3.61. The second-order valence-electron chi connectivity index (χ2n) is 1.33. The number of nitrogens with one attached hydrogen (secondary N) is 1. The molecule has 1 aliphatic rings. The van der Waals surface area contributed by atoms with Crippen LogP contribution in [0.25, 0.3) is 0 Å². The SMILES string of the molecule is NC1=N[C]CCN1. The lowest BCUT2D eigenvalue weighted by Gasteiger charge is -2.07. The number of aliphatic imine (C=N–C) groups is 1. The maximum atomic E-state index is 5.21. The van der Waals surface area contributed by atoms with Crippen molar-refractivity contribution < 1.29 is 0 Å². The predicted molar refractivity (Wildman–Crippen MR) is 27.5 cm³/mol. The first-order chi connectivity index (χ1) is 3.39. The zero-order valence-corrected chi connectivity index (χ0v) is 3.94. The Morgan fingerprint density at radius 2 is 2.71 bits per heavy atom. The normalized spacial score (nSPS) is 20.3.